The van der Waals surface area contributed by atoms with Crippen molar-refractivity contribution in [2.24, 2.45) is 0 Å². The summed E-state index contributed by atoms with van der Waals surface area (Å²) in [5.41, 5.74) is -0.896. The van der Waals surface area contributed by atoms with Crippen LogP contribution in [0.3, 0.4) is 0 Å². The zero-order chi connectivity index (χ0) is 12.9. The Hall–Kier alpha value is -1.42. The van der Waals surface area contributed by atoms with Crippen LogP contribution in [0.2, 0.25) is 0 Å². The number of carbonyl (C=O) groups is 1. The predicted molar refractivity (Wildman–Crippen MR) is 68.1 cm³/mol. The summed E-state index contributed by atoms with van der Waals surface area (Å²) in [6.45, 7) is 6.64. The molecule has 0 saturated heterocycles. The number of carbonyl (C=O) groups excluding carboxylic acids is 1. The first-order chi connectivity index (χ1) is 7.97. The average molecular weight is 252 g/mol. The molecule has 0 aliphatic carbocycles. The first-order valence-corrected chi connectivity index (χ1v) is 6.55. The summed E-state index contributed by atoms with van der Waals surface area (Å²) >= 11 is 0. The second kappa shape index (κ2) is 5.77. The molecule has 1 rings (SSSR count). The third-order valence-electron chi connectivity index (χ3n) is 2.23. The highest BCUT2D eigenvalue weighted by Crippen LogP contribution is 2.17. The van der Waals surface area contributed by atoms with Gasteiger partial charge in [-0.25, -0.2) is 0 Å². The van der Waals surface area contributed by atoms with Gasteiger partial charge in [-0.15, -0.1) is 0 Å². The van der Waals surface area contributed by atoms with Gasteiger partial charge in [0.2, 0.25) is 0 Å². The van der Waals surface area contributed by atoms with Gasteiger partial charge in [-0.1, -0.05) is 24.8 Å². The summed E-state index contributed by atoms with van der Waals surface area (Å²) in [5, 5.41) is 0. The van der Waals surface area contributed by atoms with Crippen LogP contribution in [-0.2, 0) is 20.3 Å². The van der Waals surface area contributed by atoms with Gasteiger partial charge in [0.05, 0.1) is 16.6 Å². The van der Waals surface area contributed by atoms with Crippen molar-refractivity contribution in [1.29, 1.82) is 0 Å². The van der Waals surface area contributed by atoms with E-state index in [9.17, 15) is 9.00 Å². The lowest BCUT2D eigenvalue weighted by atomic mass is 10.1. The molecule has 17 heavy (non-hydrogen) atoms. The van der Waals surface area contributed by atoms with E-state index in [1.54, 1.807) is 19.1 Å². The SMILES string of the molecule is C=CC(C)(CS(=O)c1ccccc1)OC(C)=O. The lowest BCUT2D eigenvalue weighted by Gasteiger charge is -2.24. The zero-order valence-corrected chi connectivity index (χ0v) is 10.8. The van der Waals surface area contributed by atoms with Crippen LogP contribution in [0.4, 0.5) is 0 Å². The fourth-order valence-electron chi connectivity index (χ4n) is 1.37. The molecule has 0 saturated carbocycles. The van der Waals surface area contributed by atoms with E-state index in [0.717, 1.165) is 0 Å². The van der Waals surface area contributed by atoms with Crippen molar-refractivity contribution in [2.75, 3.05) is 5.75 Å². The first kappa shape index (κ1) is 13.6. The molecule has 0 aromatic heterocycles. The van der Waals surface area contributed by atoms with E-state index in [4.69, 9.17) is 4.74 Å². The summed E-state index contributed by atoms with van der Waals surface area (Å²) in [4.78, 5) is 11.7. The van der Waals surface area contributed by atoms with Crippen LogP contribution < -0.4 is 0 Å². The first-order valence-electron chi connectivity index (χ1n) is 5.23. The highest BCUT2D eigenvalue weighted by Gasteiger charge is 2.27. The maximum absolute atomic E-state index is 12.1. The van der Waals surface area contributed by atoms with E-state index >= 15 is 0 Å². The van der Waals surface area contributed by atoms with Gasteiger partial charge >= 0.3 is 5.97 Å². The molecule has 0 heterocycles. The van der Waals surface area contributed by atoms with Crippen LogP contribution in [0.25, 0.3) is 0 Å². The molecule has 4 heteroatoms. The van der Waals surface area contributed by atoms with Gasteiger partial charge in [0.1, 0.15) is 5.60 Å². The van der Waals surface area contributed by atoms with Gasteiger partial charge in [-0.3, -0.25) is 9.00 Å². The van der Waals surface area contributed by atoms with Gasteiger partial charge in [-0.05, 0) is 25.1 Å². The maximum Gasteiger partial charge on any atom is 0.303 e. The average Bonchev–Trinajstić information content (AvgIpc) is 2.29. The molecule has 0 N–H and O–H groups in total. The number of rotatable bonds is 5. The van der Waals surface area contributed by atoms with Crippen LogP contribution in [0, 0.1) is 0 Å². The molecule has 0 amide bonds. The quantitative estimate of drug-likeness (QED) is 0.596. The summed E-state index contributed by atoms with van der Waals surface area (Å²) in [7, 11) is -1.22. The van der Waals surface area contributed by atoms with Gasteiger partial charge in [0, 0.05) is 11.8 Å². The molecule has 1 aromatic rings. The molecule has 2 atom stereocenters. The predicted octanol–water partition coefficient (Wildman–Crippen LogP) is 2.30. The molecule has 0 aliphatic heterocycles. The lowest BCUT2D eigenvalue weighted by Crippen LogP contribution is -2.34. The zero-order valence-electron chi connectivity index (χ0n) is 10.0. The second-order valence-electron chi connectivity index (χ2n) is 3.91. The lowest BCUT2D eigenvalue weighted by molar-refractivity contribution is -0.149. The molecule has 0 aliphatic rings. The van der Waals surface area contributed by atoms with Crippen molar-refractivity contribution in [3.63, 3.8) is 0 Å². The van der Waals surface area contributed by atoms with Crippen LogP contribution in [0.15, 0.2) is 47.9 Å². The number of benzene rings is 1. The van der Waals surface area contributed by atoms with Gasteiger partial charge in [0.15, 0.2) is 0 Å². The smallest absolute Gasteiger partial charge is 0.303 e. The second-order valence-corrected chi connectivity index (χ2v) is 5.36. The Kier molecular flexibility index (Phi) is 4.63. The highest BCUT2D eigenvalue weighted by molar-refractivity contribution is 7.85. The minimum atomic E-state index is -1.22. The number of esters is 1. The van der Waals surface area contributed by atoms with Crippen molar-refractivity contribution in [3.05, 3.63) is 43.0 Å². The Morgan fingerprint density at radius 2 is 2.06 bits per heavy atom. The monoisotopic (exact) mass is 252 g/mol. The van der Waals surface area contributed by atoms with Gasteiger partial charge in [-0.2, -0.15) is 0 Å². The van der Waals surface area contributed by atoms with E-state index in [1.165, 1.54) is 13.0 Å². The third-order valence-corrected chi connectivity index (χ3v) is 3.87. The molecule has 2 unspecified atom stereocenters. The summed E-state index contributed by atoms with van der Waals surface area (Å²) in [6, 6.07) is 9.08. The van der Waals surface area contributed by atoms with E-state index < -0.39 is 22.4 Å². The standard InChI is InChI=1S/C13H16O3S/c1-4-13(3,16-11(2)14)10-17(15)12-8-6-5-7-9-12/h4-9H,1,10H2,2-3H3. The Labute approximate surface area is 104 Å². The Balaban J connectivity index is 2.79. The minimum Gasteiger partial charge on any atom is -0.454 e. The molecule has 92 valence electrons. The van der Waals surface area contributed by atoms with E-state index in [0.29, 0.717) is 4.90 Å². The van der Waals surface area contributed by atoms with Crippen LogP contribution in [-0.4, -0.2) is 21.5 Å². The molecular formula is C13H16O3S. The molecular weight excluding hydrogens is 236 g/mol. The van der Waals surface area contributed by atoms with Gasteiger partial charge in [0.25, 0.3) is 0 Å². The van der Waals surface area contributed by atoms with E-state index in [2.05, 4.69) is 6.58 Å². The van der Waals surface area contributed by atoms with E-state index in [-0.39, 0.29) is 5.75 Å². The molecule has 0 spiro atoms. The number of ether oxygens (including phenoxy) is 1. The van der Waals surface area contributed by atoms with Crippen molar-refractivity contribution in [3.8, 4) is 0 Å². The minimum absolute atomic E-state index is 0.208. The normalized spacial score (nSPS) is 15.6. The molecule has 0 bridgehead atoms. The highest BCUT2D eigenvalue weighted by atomic mass is 32.2. The molecule has 0 fully saturated rings. The largest absolute Gasteiger partial charge is 0.454 e. The van der Waals surface area contributed by atoms with Gasteiger partial charge < -0.3 is 4.74 Å². The van der Waals surface area contributed by atoms with E-state index in [1.807, 2.05) is 18.2 Å². The van der Waals surface area contributed by atoms with Crippen LogP contribution in [0.1, 0.15) is 13.8 Å². The molecule has 1 aromatic carbocycles. The molecule has 3 nitrogen and oxygen atoms in total. The van der Waals surface area contributed by atoms with Crippen LogP contribution in [0.5, 0.6) is 0 Å². The Bertz CT molecular complexity index is 428. The van der Waals surface area contributed by atoms with Crippen LogP contribution >= 0.6 is 0 Å². The van der Waals surface area contributed by atoms with Crippen molar-refractivity contribution >= 4 is 16.8 Å². The van der Waals surface area contributed by atoms with Crippen molar-refractivity contribution in [1.82, 2.24) is 0 Å². The Morgan fingerprint density at radius 1 is 1.47 bits per heavy atom. The topological polar surface area (TPSA) is 43.4 Å². The Morgan fingerprint density at radius 3 is 2.53 bits per heavy atom. The molecule has 0 radical (unpaired) electrons. The summed E-state index contributed by atoms with van der Waals surface area (Å²) in [5.74, 6) is -0.197. The third kappa shape index (κ3) is 4.15. The fraction of sp³-hybridized carbons (Fsp3) is 0.308. The number of hydrogen-bond donors (Lipinski definition) is 0. The maximum atomic E-state index is 12.1. The van der Waals surface area contributed by atoms with Crippen molar-refractivity contribution < 1.29 is 13.7 Å². The fourth-order valence-corrected chi connectivity index (χ4v) is 2.70. The van der Waals surface area contributed by atoms with Crippen molar-refractivity contribution in [2.45, 2.75) is 24.3 Å². The number of hydrogen-bond acceptors (Lipinski definition) is 3. The summed E-state index contributed by atoms with van der Waals surface area (Å²) < 4.78 is 17.2. The summed E-state index contributed by atoms with van der Waals surface area (Å²) in [6.07, 6.45) is 1.51.